The first-order chi connectivity index (χ1) is 6.55. The molecule has 0 bridgehead atoms. The summed E-state index contributed by atoms with van der Waals surface area (Å²) in [5.74, 6) is 0.170. The van der Waals surface area contributed by atoms with Crippen LogP contribution < -0.4 is 10.6 Å². The quantitative estimate of drug-likeness (QED) is 0.714. The number of hydrogen-bond acceptors (Lipinski definition) is 2. The van der Waals surface area contributed by atoms with E-state index in [1.54, 1.807) is 0 Å². The van der Waals surface area contributed by atoms with Crippen LogP contribution in [0.2, 0.25) is 0 Å². The minimum absolute atomic E-state index is 0.0580. The van der Waals surface area contributed by atoms with Gasteiger partial charge in [0, 0.05) is 6.54 Å². The number of carbonyl (C=O) groups excluding carboxylic acids is 1. The van der Waals surface area contributed by atoms with E-state index >= 15 is 0 Å². The van der Waals surface area contributed by atoms with Crippen LogP contribution in [0.25, 0.3) is 0 Å². The van der Waals surface area contributed by atoms with Gasteiger partial charge in [0.25, 0.3) is 0 Å². The van der Waals surface area contributed by atoms with Crippen LogP contribution in [-0.4, -0.2) is 25.0 Å². The molecule has 1 aliphatic rings. The van der Waals surface area contributed by atoms with Crippen LogP contribution in [-0.2, 0) is 4.79 Å². The van der Waals surface area contributed by atoms with Gasteiger partial charge in [-0.15, -0.1) is 0 Å². The maximum absolute atomic E-state index is 11.6. The fourth-order valence-corrected chi connectivity index (χ4v) is 1.48. The molecule has 1 aliphatic heterocycles. The van der Waals surface area contributed by atoms with Gasteiger partial charge >= 0.3 is 0 Å². The second-order valence-electron chi connectivity index (χ2n) is 4.88. The van der Waals surface area contributed by atoms with E-state index in [1.807, 2.05) is 0 Å². The van der Waals surface area contributed by atoms with Crippen LogP contribution in [0.4, 0.5) is 0 Å². The molecule has 0 saturated carbocycles. The Bertz CT molecular complexity index is 195. The van der Waals surface area contributed by atoms with Crippen molar-refractivity contribution in [2.75, 3.05) is 13.1 Å². The predicted molar refractivity (Wildman–Crippen MR) is 58.1 cm³/mol. The molecule has 1 fully saturated rings. The third-order valence-corrected chi connectivity index (χ3v) is 3.08. The summed E-state index contributed by atoms with van der Waals surface area (Å²) in [5, 5.41) is 6.21. The summed E-state index contributed by atoms with van der Waals surface area (Å²) in [4.78, 5) is 11.6. The van der Waals surface area contributed by atoms with Gasteiger partial charge in [0.15, 0.2) is 0 Å². The number of rotatable bonds is 4. The van der Waals surface area contributed by atoms with Crippen molar-refractivity contribution in [1.29, 1.82) is 0 Å². The standard InChI is InChI=1S/C11H22N2O/c1-4-11(2,3)8-13-10(14)9-6-5-7-12-9/h9,12H,4-8H2,1-3H3,(H,13,14)/t9-/m0/s1. The largest absolute Gasteiger partial charge is 0.354 e. The van der Waals surface area contributed by atoms with E-state index in [0.29, 0.717) is 0 Å². The molecule has 1 saturated heterocycles. The monoisotopic (exact) mass is 198 g/mol. The molecule has 1 heterocycles. The predicted octanol–water partition coefficient (Wildman–Crippen LogP) is 1.29. The third-order valence-electron chi connectivity index (χ3n) is 3.08. The van der Waals surface area contributed by atoms with Gasteiger partial charge in [-0.1, -0.05) is 20.8 Å². The summed E-state index contributed by atoms with van der Waals surface area (Å²) in [6, 6.07) is 0.0580. The normalized spacial score (nSPS) is 22.4. The summed E-state index contributed by atoms with van der Waals surface area (Å²) in [5.41, 5.74) is 0.217. The Kier molecular flexibility index (Phi) is 3.93. The maximum atomic E-state index is 11.6. The molecule has 0 aliphatic carbocycles. The van der Waals surface area contributed by atoms with Gasteiger partial charge in [-0.05, 0) is 31.2 Å². The molecule has 0 aromatic rings. The van der Waals surface area contributed by atoms with Crippen molar-refractivity contribution in [3.05, 3.63) is 0 Å². The van der Waals surface area contributed by atoms with Gasteiger partial charge in [-0.2, -0.15) is 0 Å². The molecule has 1 atom stereocenters. The minimum atomic E-state index is 0.0580. The SMILES string of the molecule is CCC(C)(C)CNC(=O)[C@@H]1CCCN1. The smallest absolute Gasteiger partial charge is 0.237 e. The molecule has 1 amide bonds. The third kappa shape index (κ3) is 3.29. The average Bonchev–Trinajstić information content (AvgIpc) is 2.67. The zero-order valence-corrected chi connectivity index (χ0v) is 9.52. The number of carbonyl (C=O) groups is 1. The van der Waals surface area contributed by atoms with Crippen LogP contribution >= 0.6 is 0 Å². The van der Waals surface area contributed by atoms with Crippen molar-refractivity contribution >= 4 is 5.91 Å². The van der Waals surface area contributed by atoms with Gasteiger partial charge in [0.1, 0.15) is 0 Å². The van der Waals surface area contributed by atoms with E-state index < -0.39 is 0 Å². The topological polar surface area (TPSA) is 41.1 Å². The van der Waals surface area contributed by atoms with E-state index in [0.717, 1.165) is 32.4 Å². The minimum Gasteiger partial charge on any atom is -0.354 e. The van der Waals surface area contributed by atoms with E-state index in [-0.39, 0.29) is 17.4 Å². The van der Waals surface area contributed by atoms with E-state index in [2.05, 4.69) is 31.4 Å². The first kappa shape index (κ1) is 11.5. The second-order valence-corrected chi connectivity index (χ2v) is 4.88. The highest BCUT2D eigenvalue weighted by molar-refractivity contribution is 5.82. The van der Waals surface area contributed by atoms with Gasteiger partial charge in [-0.25, -0.2) is 0 Å². The molecular weight excluding hydrogens is 176 g/mol. The lowest BCUT2D eigenvalue weighted by Gasteiger charge is -2.23. The molecule has 3 heteroatoms. The molecule has 0 aromatic heterocycles. The molecule has 0 aromatic carbocycles. The molecule has 0 radical (unpaired) electrons. The van der Waals surface area contributed by atoms with Crippen LogP contribution in [0.5, 0.6) is 0 Å². The molecule has 82 valence electrons. The average molecular weight is 198 g/mol. The maximum Gasteiger partial charge on any atom is 0.237 e. The van der Waals surface area contributed by atoms with Crippen molar-refractivity contribution in [1.82, 2.24) is 10.6 Å². The van der Waals surface area contributed by atoms with E-state index in [9.17, 15) is 4.79 Å². The van der Waals surface area contributed by atoms with E-state index in [1.165, 1.54) is 0 Å². The molecule has 0 unspecified atom stereocenters. The van der Waals surface area contributed by atoms with Gasteiger partial charge < -0.3 is 10.6 Å². The fourth-order valence-electron chi connectivity index (χ4n) is 1.48. The first-order valence-corrected chi connectivity index (χ1v) is 5.56. The van der Waals surface area contributed by atoms with Crippen molar-refractivity contribution < 1.29 is 4.79 Å². The molecule has 3 nitrogen and oxygen atoms in total. The molecule has 14 heavy (non-hydrogen) atoms. The van der Waals surface area contributed by atoms with Crippen LogP contribution in [0.15, 0.2) is 0 Å². The Balaban J connectivity index is 2.27. The number of amides is 1. The van der Waals surface area contributed by atoms with Crippen molar-refractivity contribution in [2.45, 2.75) is 46.1 Å². The van der Waals surface area contributed by atoms with Gasteiger partial charge in [0.2, 0.25) is 5.91 Å². The van der Waals surface area contributed by atoms with Crippen molar-refractivity contribution in [3.63, 3.8) is 0 Å². The second kappa shape index (κ2) is 4.78. The van der Waals surface area contributed by atoms with E-state index in [4.69, 9.17) is 0 Å². The fraction of sp³-hybridized carbons (Fsp3) is 0.909. The highest BCUT2D eigenvalue weighted by Gasteiger charge is 2.23. The summed E-state index contributed by atoms with van der Waals surface area (Å²) in [6.45, 7) is 8.26. The summed E-state index contributed by atoms with van der Waals surface area (Å²) >= 11 is 0. The number of nitrogens with one attached hydrogen (secondary N) is 2. The summed E-state index contributed by atoms with van der Waals surface area (Å²) < 4.78 is 0. The lowest BCUT2D eigenvalue weighted by molar-refractivity contribution is -0.123. The Morgan fingerprint density at radius 3 is 2.79 bits per heavy atom. The molecule has 0 spiro atoms. The Labute approximate surface area is 86.6 Å². The Morgan fingerprint density at radius 2 is 2.29 bits per heavy atom. The van der Waals surface area contributed by atoms with Crippen molar-refractivity contribution in [2.24, 2.45) is 5.41 Å². The lowest BCUT2D eigenvalue weighted by Crippen LogP contribution is -2.43. The first-order valence-electron chi connectivity index (χ1n) is 5.56. The van der Waals surface area contributed by atoms with Gasteiger partial charge in [-0.3, -0.25) is 4.79 Å². The highest BCUT2D eigenvalue weighted by atomic mass is 16.2. The van der Waals surface area contributed by atoms with Crippen molar-refractivity contribution in [3.8, 4) is 0 Å². The summed E-state index contributed by atoms with van der Waals surface area (Å²) in [6.07, 6.45) is 3.19. The Hall–Kier alpha value is -0.570. The number of hydrogen-bond donors (Lipinski definition) is 2. The van der Waals surface area contributed by atoms with Gasteiger partial charge in [0.05, 0.1) is 6.04 Å². The zero-order chi connectivity index (χ0) is 10.6. The van der Waals surface area contributed by atoms with Crippen LogP contribution in [0, 0.1) is 5.41 Å². The lowest BCUT2D eigenvalue weighted by atomic mass is 9.90. The molecule has 2 N–H and O–H groups in total. The highest BCUT2D eigenvalue weighted by Crippen LogP contribution is 2.17. The van der Waals surface area contributed by atoms with Crippen LogP contribution in [0.3, 0.4) is 0 Å². The summed E-state index contributed by atoms with van der Waals surface area (Å²) in [7, 11) is 0. The molecular formula is C11H22N2O. The molecule has 1 rings (SSSR count). The zero-order valence-electron chi connectivity index (χ0n) is 9.52. The van der Waals surface area contributed by atoms with Crippen LogP contribution in [0.1, 0.15) is 40.0 Å². The Morgan fingerprint density at radius 1 is 1.57 bits per heavy atom.